The molecule has 4 aromatic rings. The SMILES string of the molecule is CC(C)(C)c1cc(Cn2c(=O)c(=O)c(=O)n(Cc3cc(C(C)(C)C)c(O)c(C(C)(C)C)c3)n2Cc2cc(C(C)(C)C)c(O)c(C(C)(C)C)c2)cc(C(C)(C)C)c1O. The van der Waals surface area contributed by atoms with Crippen molar-refractivity contribution in [1.82, 2.24) is 14.2 Å². The molecule has 312 valence electrons. The van der Waals surface area contributed by atoms with Crippen LogP contribution >= 0.6 is 0 Å². The molecule has 9 heteroatoms. The Hall–Kier alpha value is -4.53. The molecule has 0 saturated heterocycles. The van der Waals surface area contributed by atoms with Crippen molar-refractivity contribution in [2.45, 2.75) is 177 Å². The third kappa shape index (κ3) is 9.45. The Labute approximate surface area is 340 Å². The van der Waals surface area contributed by atoms with Gasteiger partial charge in [-0.3, -0.25) is 14.4 Å². The predicted octanol–water partition coefficient (Wildman–Crippen LogP) is 9.22. The zero-order chi connectivity index (χ0) is 43.8. The molecule has 57 heavy (non-hydrogen) atoms. The summed E-state index contributed by atoms with van der Waals surface area (Å²) in [6.45, 7) is 36.2. The van der Waals surface area contributed by atoms with Crippen molar-refractivity contribution in [3.63, 3.8) is 0 Å². The first-order valence-corrected chi connectivity index (χ1v) is 20.1. The molecule has 3 aromatic carbocycles. The van der Waals surface area contributed by atoms with Gasteiger partial charge in [-0.2, -0.15) is 0 Å². The Morgan fingerprint density at radius 3 is 0.754 bits per heavy atom. The highest BCUT2D eigenvalue weighted by Gasteiger charge is 2.31. The van der Waals surface area contributed by atoms with Crippen molar-refractivity contribution in [3.8, 4) is 17.2 Å². The molecule has 0 aliphatic carbocycles. The second-order valence-corrected chi connectivity index (χ2v) is 22.2. The molecule has 0 radical (unpaired) electrons. The maximum absolute atomic E-state index is 14.3. The minimum atomic E-state index is -1.15. The summed E-state index contributed by atoms with van der Waals surface area (Å²) in [5.41, 5.74) is 0.635. The summed E-state index contributed by atoms with van der Waals surface area (Å²) in [4.78, 5) is 43.9. The molecular formula is C48H69N3O6. The van der Waals surface area contributed by atoms with Gasteiger partial charge in [0.25, 0.3) is 0 Å². The topological polar surface area (TPSA) is 127 Å². The van der Waals surface area contributed by atoms with Gasteiger partial charge in [-0.25, -0.2) is 14.2 Å². The van der Waals surface area contributed by atoms with E-state index in [-0.39, 0.29) is 36.9 Å². The number of aromatic hydroxyl groups is 3. The second-order valence-electron chi connectivity index (χ2n) is 22.2. The van der Waals surface area contributed by atoms with Crippen LogP contribution in [-0.2, 0) is 52.1 Å². The normalized spacial score (nSPS) is 13.4. The van der Waals surface area contributed by atoms with Crippen LogP contribution in [0.1, 0.15) is 175 Å². The van der Waals surface area contributed by atoms with Gasteiger partial charge in [0.2, 0.25) is 0 Å². The maximum atomic E-state index is 14.3. The highest BCUT2D eigenvalue weighted by Crippen LogP contribution is 2.42. The largest absolute Gasteiger partial charge is 0.507 e. The molecule has 0 fully saturated rings. The molecule has 0 atom stereocenters. The lowest BCUT2D eigenvalue weighted by molar-refractivity contribution is 0.323. The molecule has 0 bridgehead atoms. The molecular weight excluding hydrogens is 715 g/mol. The van der Waals surface area contributed by atoms with E-state index in [2.05, 4.69) is 0 Å². The van der Waals surface area contributed by atoms with Gasteiger partial charge in [-0.1, -0.05) is 125 Å². The summed E-state index contributed by atoms with van der Waals surface area (Å²) in [6, 6.07) is 11.3. The van der Waals surface area contributed by atoms with E-state index in [0.717, 1.165) is 16.7 Å². The van der Waals surface area contributed by atoms with Crippen LogP contribution in [0.2, 0.25) is 0 Å². The van der Waals surface area contributed by atoms with Crippen LogP contribution < -0.4 is 16.5 Å². The molecule has 0 unspecified atom stereocenters. The molecule has 1 heterocycles. The monoisotopic (exact) mass is 784 g/mol. The summed E-state index contributed by atoms with van der Waals surface area (Å²) in [6.07, 6.45) is 0. The van der Waals surface area contributed by atoms with E-state index in [0.29, 0.717) is 33.4 Å². The number of benzene rings is 3. The molecule has 0 amide bonds. The summed E-state index contributed by atoms with van der Waals surface area (Å²) in [5, 5.41) is 34.6. The minimum Gasteiger partial charge on any atom is -0.507 e. The first-order valence-electron chi connectivity index (χ1n) is 20.1. The van der Waals surface area contributed by atoms with Gasteiger partial charge in [0.15, 0.2) is 0 Å². The molecule has 3 N–H and O–H groups in total. The molecule has 9 nitrogen and oxygen atoms in total. The van der Waals surface area contributed by atoms with Gasteiger partial charge in [0.1, 0.15) is 17.2 Å². The Balaban J connectivity index is 2.18. The average Bonchev–Trinajstić information content (AvgIpc) is 3.02. The fraction of sp³-hybridized carbons (Fsp3) is 0.562. The van der Waals surface area contributed by atoms with Gasteiger partial charge >= 0.3 is 16.5 Å². The summed E-state index contributed by atoms with van der Waals surface area (Å²) in [5.74, 6) is 0.590. The molecule has 1 aromatic heterocycles. The van der Waals surface area contributed by atoms with E-state index in [1.54, 1.807) is 4.80 Å². The van der Waals surface area contributed by atoms with Crippen molar-refractivity contribution < 1.29 is 15.3 Å². The summed E-state index contributed by atoms with van der Waals surface area (Å²) >= 11 is 0. The maximum Gasteiger partial charge on any atom is 0.320 e. The van der Waals surface area contributed by atoms with Gasteiger partial charge in [0, 0.05) is 0 Å². The van der Waals surface area contributed by atoms with Crippen LogP contribution in [0.15, 0.2) is 50.8 Å². The smallest absolute Gasteiger partial charge is 0.320 e. The van der Waals surface area contributed by atoms with Crippen molar-refractivity contribution in [2.75, 3.05) is 0 Å². The van der Waals surface area contributed by atoms with Crippen molar-refractivity contribution >= 4 is 0 Å². The van der Waals surface area contributed by atoms with E-state index in [4.69, 9.17) is 0 Å². The van der Waals surface area contributed by atoms with Crippen LogP contribution in [0, 0.1) is 0 Å². The second kappa shape index (κ2) is 14.7. The van der Waals surface area contributed by atoms with Gasteiger partial charge < -0.3 is 15.3 Å². The Morgan fingerprint density at radius 2 is 0.561 bits per heavy atom. The lowest BCUT2D eigenvalue weighted by atomic mass is 9.78. The highest BCUT2D eigenvalue weighted by atomic mass is 16.3. The number of nitrogens with zero attached hydrogens (tertiary/aromatic N) is 3. The zero-order valence-corrected chi connectivity index (χ0v) is 38.0. The van der Waals surface area contributed by atoms with Crippen LogP contribution in [0.3, 0.4) is 0 Å². The lowest BCUT2D eigenvalue weighted by Crippen LogP contribution is -2.55. The van der Waals surface area contributed by atoms with Crippen LogP contribution in [0.4, 0.5) is 0 Å². The summed E-state index contributed by atoms with van der Waals surface area (Å²) in [7, 11) is 0. The number of phenolic OH excluding ortho intramolecular Hbond substituents is 3. The van der Waals surface area contributed by atoms with Gasteiger partial charge in [-0.15, -0.1) is 0 Å². The van der Waals surface area contributed by atoms with Crippen molar-refractivity contribution in [1.29, 1.82) is 0 Å². The lowest BCUT2D eigenvalue weighted by Gasteiger charge is -2.30. The van der Waals surface area contributed by atoms with Crippen LogP contribution in [0.5, 0.6) is 17.2 Å². The van der Waals surface area contributed by atoms with Gasteiger partial charge in [-0.05, 0) is 119 Å². The molecule has 0 aliphatic rings. The van der Waals surface area contributed by atoms with E-state index in [9.17, 15) is 29.7 Å². The van der Waals surface area contributed by atoms with Crippen LogP contribution in [-0.4, -0.2) is 29.5 Å². The first kappa shape index (κ1) is 45.2. The quantitative estimate of drug-likeness (QED) is 0.168. The predicted molar refractivity (Wildman–Crippen MR) is 233 cm³/mol. The minimum absolute atomic E-state index is 0.0177. The third-order valence-corrected chi connectivity index (χ3v) is 10.8. The van der Waals surface area contributed by atoms with Crippen molar-refractivity contribution in [3.05, 3.63) is 117 Å². The van der Waals surface area contributed by atoms with Crippen LogP contribution in [0.25, 0.3) is 0 Å². The Kier molecular flexibility index (Phi) is 11.6. The van der Waals surface area contributed by atoms with E-state index < -0.39 is 49.0 Å². The number of hydrogen-bond donors (Lipinski definition) is 3. The van der Waals surface area contributed by atoms with Crippen molar-refractivity contribution in [2.24, 2.45) is 0 Å². The first-order chi connectivity index (χ1) is 25.5. The number of hydrogen-bond acceptors (Lipinski definition) is 6. The highest BCUT2D eigenvalue weighted by molar-refractivity contribution is 5.52. The summed E-state index contributed by atoms with van der Waals surface area (Å²) < 4.78 is 2.68. The van der Waals surface area contributed by atoms with E-state index >= 15 is 0 Å². The fourth-order valence-electron chi connectivity index (χ4n) is 7.44. The molecule has 4 rings (SSSR count). The zero-order valence-electron chi connectivity index (χ0n) is 38.0. The molecule has 0 spiro atoms. The Bertz CT molecular complexity index is 2140. The molecule has 0 aliphatic heterocycles. The Morgan fingerprint density at radius 1 is 0.368 bits per heavy atom. The number of rotatable bonds is 6. The van der Waals surface area contributed by atoms with E-state index in [1.807, 2.05) is 161 Å². The number of phenols is 3. The van der Waals surface area contributed by atoms with E-state index in [1.165, 1.54) is 9.36 Å². The standard InChI is InChI=1S/C48H69N3O6/c1-43(2,3)31-19-28(20-32(37(31)52)44(4,5)6)25-49-41(56)40(55)42(57)50(26-29-21-33(45(7,8)9)38(53)34(22-29)46(10,11)12)51(49)27-30-23-35(47(13,14)15)39(54)36(24-30)48(16,17)18/h19-24,52-54H,25-27H2,1-18H3. The molecule has 0 saturated carbocycles. The van der Waals surface area contributed by atoms with Gasteiger partial charge in [0.05, 0.1) is 19.6 Å². The fourth-order valence-corrected chi connectivity index (χ4v) is 7.44. The number of aromatic nitrogens is 3. The average molecular weight is 784 g/mol. The third-order valence-electron chi connectivity index (χ3n) is 10.8.